The molecular weight excluding hydrogens is 981 g/mol. The average Bonchev–Trinajstić information content (AvgIpc) is 4.06. The molecule has 0 bridgehead atoms. The summed E-state index contributed by atoms with van der Waals surface area (Å²) < 4.78 is 24.1. The summed E-state index contributed by atoms with van der Waals surface area (Å²) in [4.78, 5) is 122. The minimum absolute atomic E-state index is 0.00387. The van der Waals surface area contributed by atoms with Gasteiger partial charge >= 0.3 is 5.97 Å². The Bertz CT molecular complexity index is 2540. The summed E-state index contributed by atoms with van der Waals surface area (Å²) in [7, 11) is -2.55. The van der Waals surface area contributed by atoms with E-state index in [1.54, 1.807) is 65.1 Å². The van der Waals surface area contributed by atoms with Crippen molar-refractivity contribution in [3.63, 3.8) is 0 Å². The Morgan fingerprint density at radius 1 is 0.757 bits per heavy atom. The van der Waals surface area contributed by atoms with Crippen LogP contribution in [0.25, 0.3) is 0 Å². The van der Waals surface area contributed by atoms with E-state index in [1.165, 1.54) is 41.7 Å². The quantitative estimate of drug-likeness (QED) is 0.0206. The molecule has 0 aliphatic carbocycles. The summed E-state index contributed by atoms with van der Waals surface area (Å²) in [6.45, 7) is 6.73. The standard InChI is InChI=1S/C48H70N14O11S/c1-27(2)39(60-41(64)33(56-38(63)25-52-5)13-9-19-54-48(49)50)44(67)57-34(21-30-15-17-32(18-16-30)74(51,72)73)42(65)61-40(28(3)4)45(68)58-35(23-31-24-53-26-55-31)46(69)62-20-10-14-37(62)43(66)59-36(47(70)71)22-29-11-7-6-8-12-29/h6-8,11-12,15-18,24,26-28,33-37,39-40,52H,9-10,13-14,19-23,25H2,1-5H3,(H,53,55)(H,56,63)(H,57,67)(H,58,68)(H,59,66)(H,60,64)(H,61,65)(H,70,71)(H4,49,50,54)(H2,51,72,73)/t33-,34-,35-,36-,37+,39-,40-/m0/s1. The number of hydrogen-bond acceptors (Lipinski definition) is 13. The number of likely N-dealkylation sites (N-methyl/N-ethyl adjacent to an activating group) is 1. The molecule has 2 heterocycles. The molecule has 25 nitrogen and oxygen atoms in total. The first-order valence-corrected chi connectivity index (χ1v) is 25.7. The number of benzene rings is 2. The lowest BCUT2D eigenvalue weighted by atomic mass is 9.98. The highest BCUT2D eigenvalue weighted by atomic mass is 32.2. The van der Waals surface area contributed by atoms with Crippen LogP contribution in [0.3, 0.4) is 0 Å². The second kappa shape index (κ2) is 28.1. The number of likely N-dealkylation sites (tertiary alicyclic amines) is 1. The second-order valence-corrected chi connectivity index (χ2v) is 20.2. The van der Waals surface area contributed by atoms with Gasteiger partial charge in [0, 0.05) is 44.2 Å². The third-order valence-corrected chi connectivity index (χ3v) is 13.0. The van der Waals surface area contributed by atoms with E-state index in [9.17, 15) is 51.9 Å². The number of H-pyrrole nitrogens is 1. The first kappa shape index (κ1) is 59.1. The number of rotatable bonds is 28. The van der Waals surface area contributed by atoms with E-state index < -0.39 is 111 Å². The lowest BCUT2D eigenvalue weighted by molar-refractivity contribution is -0.145. The van der Waals surface area contributed by atoms with Crippen molar-refractivity contribution < 1.29 is 51.9 Å². The fourth-order valence-electron chi connectivity index (χ4n) is 8.18. The molecule has 0 unspecified atom stereocenters. The Hall–Kier alpha value is -7.45. The average molecular weight is 1050 g/mol. The first-order chi connectivity index (χ1) is 35.0. The number of aliphatic carboxylic acids is 1. The van der Waals surface area contributed by atoms with E-state index in [0.29, 0.717) is 23.2 Å². The zero-order chi connectivity index (χ0) is 54.7. The van der Waals surface area contributed by atoms with Gasteiger partial charge in [0.15, 0.2) is 5.96 Å². The molecule has 7 atom stereocenters. The van der Waals surface area contributed by atoms with Crippen LogP contribution in [0.15, 0.2) is 77.0 Å². The molecule has 0 spiro atoms. The molecular formula is C48H70N14O11S. The van der Waals surface area contributed by atoms with Gasteiger partial charge in [-0.3, -0.25) is 38.6 Å². The molecule has 4 rings (SSSR count). The molecule has 74 heavy (non-hydrogen) atoms. The molecule has 7 amide bonds. The molecule has 1 saturated heterocycles. The maximum atomic E-state index is 14.5. The molecule has 1 aliphatic heterocycles. The Kier molecular flexibility index (Phi) is 22.5. The number of carbonyl (C=O) groups excluding carboxylic acids is 7. The van der Waals surface area contributed by atoms with Gasteiger partial charge < -0.3 is 63.7 Å². The van der Waals surface area contributed by atoms with Gasteiger partial charge in [0.2, 0.25) is 51.4 Å². The number of aliphatic imine (C=N–C) groups is 1. The molecule has 404 valence electrons. The van der Waals surface area contributed by atoms with E-state index in [4.69, 9.17) is 16.6 Å². The summed E-state index contributed by atoms with van der Waals surface area (Å²) in [6.07, 6.45) is 3.45. The van der Waals surface area contributed by atoms with Gasteiger partial charge in [-0.2, -0.15) is 0 Å². The van der Waals surface area contributed by atoms with Crippen LogP contribution < -0.4 is 53.8 Å². The number of aromatic nitrogens is 2. The van der Waals surface area contributed by atoms with E-state index in [1.807, 2.05) is 0 Å². The number of nitrogens with zero attached hydrogens (tertiary/aromatic N) is 3. The number of hydrogen-bond donors (Lipinski definition) is 12. The van der Waals surface area contributed by atoms with Crippen molar-refractivity contribution in [1.29, 1.82) is 0 Å². The minimum atomic E-state index is -4.10. The summed E-state index contributed by atoms with van der Waals surface area (Å²) in [6, 6.07) is 5.06. The highest BCUT2D eigenvalue weighted by Crippen LogP contribution is 2.21. The van der Waals surface area contributed by atoms with E-state index >= 15 is 0 Å². The number of amides is 7. The highest BCUT2D eigenvalue weighted by Gasteiger charge is 2.41. The van der Waals surface area contributed by atoms with Gasteiger partial charge in [0.1, 0.15) is 42.3 Å². The summed E-state index contributed by atoms with van der Waals surface area (Å²) in [5.41, 5.74) is 12.4. The topological polar surface area (TPSA) is 397 Å². The van der Waals surface area contributed by atoms with Gasteiger partial charge in [0.05, 0.1) is 17.8 Å². The van der Waals surface area contributed by atoms with Crippen molar-refractivity contribution >= 4 is 63.3 Å². The second-order valence-electron chi connectivity index (χ2n) is 18.6. The van der Waals surface area contributed by atoms with Crippen molar-refractivity contribution in [2.24, 2.45) is 33.4 Å². The Labute approximate surface area is 429 Å². The number of sulfonamides is 1. The zero-order valence-corrected chi connectivity index (χ0v) is 42.9. The number of aromatic amines is 1. The molecule has 1 aromatic heterocycles. The van der Waals surface area contributed by atoms with Crippen molar-refractivity contribution in [2.75, 3.05) is 26.7 Å². The number of guanidine groups is 1. The lowest BCUT2D eigenvalue weighted by Crippen LogP contribution is -2.61. The molecule has 1 fully saturated rings. The first-order valence-electron chi connectivity index (χ1n) is 24.2. The number of primary sulfonamides is 1. The van der Waals surface area contributed by atoms with Crippen LogP contribution in [0.4, 0.5) is 0 Å². The smallest absolute Gasteiger partial charge is 0.326 e. The molecule has 26 heteroatoms. The van der Waals surface area contributed by atoms with Gasteiger partial charge in [-0.05, 0) is 67.8 Å². The number of nitrogens with two attached hydrogens (primary N) is 3. The van der Waals surface area contributed by atoms with E-state index in [-0.39, 0.29) is 69.0 Å². The van der Waals surface area contributed by atoms with Crippen molar-refractivity contribution in [3.05, 3.63) is 83.9 Å². The molecule has 3 aromatic rings. The van der Waals surface area contributed by atoms with Crippen LogP contribution >= 0.6 is 0 Å². The van der Waals surface area contributed by atoms with Gasteiger partial charge in [0.25, 0.3) is 0 Å². The molecule has 2 aromatic carbocycles. The van der Waals surface area contributed by atoms with Crippen LogP contribution in [0, 0.1) is 11.8 Å². The normalized spacial score (nSPS) is 15.9. The van der Waals surface area contributed by atoms with Gasteiger partial charge in [-0.15, -0.1) is 0 Å². The lowest BCUT2D eigenvalue weighted by Gasteiger charge is -2.31. The predicted octanol–water partition coefficient (Wildman–Crippen LogP) is -2.35. The van der Waals surface area contributed by atoms with Crippen LogP contribution in [0.1, 0.15) is 70.2 Å². The maximum Gasteiger partial charge on any atom is 0.326 e. The number of nitrogens with one attached hydrogen (secondary N) is 8. The predicted molar refractivity (Wildman–Crippen MR) is 271 cm³/mol. The number of carboxylic acid groups (broad SMARTS) is 1. The summed E-state index contributed by atoms with van der Waals surface area (Å²) in [5, 5.41) is 34.1. The van der Waals surface area contributed by atoms with E-state index in [0.717, 1.165) is 0 Å². The van der Waals surface area contributed by atoms with Crippen LogP contribution in [0.5, 0.6) is 0 Å². The molecule has 1 aliphatic rings. The minimum Gasteiger partial charge on any atom is -0.480 e. The van der Waals surface area contributed by atoms with Crippen LogP contribution in [-0.4, -0.2) is 151 Å². The SMILES string of the molecule is CNCC(=O)N[C@@H](CCCN=C(N)N)C(=O)N[C@H](C(=O)N[C@@H](Cc1ccc(S(N)(=O)=O)cc1)C(=O)N[C@H](C(=O)N[C@@H](Cc1cnc[nH]1)C(=O)N1CCC[C@@H]1C(=O)N[C@@H](Cc1ccccc1)C(=O)O)C(C)C)C(C)C. The third kappa shape index (κ3) is 18.2. The van der Waals surface area contributed by atoms with Crippen molar-refractivity contribution in [3.8, 4) is 0 Å². The Morgan fingerprint density at radius 3 is 1.88 bits per heavy atom. The fourth-order valence-corrected chi connectivity index (χ4v) is 8.69. The number of carbonyl (C=O) groups is 8. The number of imidazole rings is 1. The maximum absolute atomic E-state index is 14.5. The molecule has 0 radical (unpaired) electrons. The monoisotopic (exact) mass is 1050 g/mol. The van der Waals surface area contributed by atoms with Crippen molar-refractivity contribution in [1.82, 2.24) is 52.1 Å². The number of carboxylic acids is 1. The Morgan fingerprint density at radius 2 is 1.34 bits per heavy atom. The fraction of sp³-hybridized carbons (Fsp3) is 0.500. The van der Waals surface area contributed by atoms with E-state index in [2.05, 4.69) is 52.2 Å². The summed E-state index contributed by atoms with van der Waals surface area (Å²) in [5.74, 6) is -7.68. The summed E-state index contributed by atoms with van der Waals surface area (Å²) >= 11 is 0. The molecule has 15 N–H and O–H groups in total. The molecule has 0 saturated carbocycles. The van der Waals surface area contributed by atoms with Crippen LogP contribution in [-0.2, 0) is 67.6 Å². The van der Waals surface area contributed by atoms with Gasteiger partial charge in [-0.25, -0.2) is 23.3 Å². The largest absolute Gasteiger partial charge is 0.480 e. The van der Waals surface area contributed by atoms with Gasteiger partial charge in [-0.1, -0.05) is 70.2 Å². The highest BCUT2D eigenvalue weighted by molar-refractivity contribution is 7.89. The zero-order valence-electron chi connectivity index (χ0n) is 42.1. The van der Waals surface area contributed by atoms with Crippen molar-refractivity contribution in [2.45, 2.75) is 120 Å². The third-order valence-electron chi connectivity index (χ3n) is 12.1. The van der Waals surface area contributed by atoms with Crippen LogP contribution in [0.2, 0.25) is 0 Å². The Balaban J connectivity index is 1.60.